The number of carbonyl (C=O) groups excluding carboxylic acids is 2. The van der Waals surface area contributed by atoms with Gasteiger partial charge in [0, 0.05) is 38.2 Å². The maximum atomic E-state index is 12.1. The fourth-order valence-electron chi connectivity index (χ4n) is 3.53. The number of nitrogens with one attached hydrogen (secondary N) is 2. The van der Waals surface area contributed by atoms with Crippen LogP contribution >= 0.6 is 0 Å². The van der Waals surface area contributed by atoms with Crippen LogP contribution in [-0.2, 0) is 4.79 Å². The van der Waals surface area contributed by atoms with Crippen molar-refractivity contribution in [3.05, 3.63) is 78.5 Å². The Morgan fingerprint density at radius 2 is 1.23 bits per heavy atom. The highest BCUT2D eigenvalue weighted by Crippen LogP contribution is 2.35. The molecule has 1 aromatic rings. The van der Waals surface area contributed by atoms with Gasteiger partial charge in [0.25, 0.3) is 5.91 Å². The van der Waals surface area contributed by atoms with E-state index in [-0.39, 0.29) is 11.5 Å². The molecule has 0 radical (unpaired) electrons. The van der Waals surface area contributed by atoms with Crippen molar-refractivity contribution in [3.8, 4) is 17.2 Å². The van der Waals surface area contributed by atoms with Gasteiger partial charge in [-0.1, -0.05) is 67.7 Å². The highest BCUT2D eigenvalue weighted by Gasteiger charge is 2.13. The van der Waals surface area contributed by atoms with Crippen molar-refractivity contribution in [1.29, 1.82) is 0 Å². The number of hydrogen-bond acceptors (Lipinski definition) is 6. The van der Waals surface area contributed by atoms with Crippen LogP contribution in [0.2, 0.25) is 0 Å². The molecule has 0 spiro atoms. The molecule has 220 valence electrons. The summed E-state index contributed by atoms with van der Waals surface area (Å²) in [6.07, 6.45) is 28.8. The van der Waals surface area contributed by atoms with E-state index in [9.17, 15) is 24.9 Å². The smallest absolute Gasteiger partial charge is 0.251 e. The van der Waals surface area contributed by atoms with E-state index in [2.05, 4.69) is 78.3 Å². The zero-order valence-electron chi connectivity index (χ0n) is 24.0. The Morgan fingerprint density at radius 1 is 0.750 bits per heavy atom. The summed E-state index contributed by atoms with van der Waals surface area (Å²) in [5.74, 6) is -2.22. The van der Waals surface area contributed by atoms with E-state index < -0.39 is 23.2 Å². The van der Waals surface area contributed by atoms with E-state index in [1.54, 1.807) is 0 Å². The second-order valence-corrected chi connectivity index (χ2v) is 9.37. The van der Waals surface area contributed by atoms with E-state index in [1.165, 1.54) is 0 Å². The Bertz CT molecular complexity index is 1000. The van der Waals surface area contributed by atoms with E-state index in [1.807, 2.05) is 11.9 Å². The summed E-state index contributed by atoms with van der Waals surface area (Å²) in [5.41, 5.74) is 0.0484. The van der Waals surface area contributed by atoms with Gasteiger partial charge >= 0.3 is 0 Å². The van der Waals surface area contributed by atoms with Gasteiger partial charge in [-0.2, -0.15) is 0 Å². The molecule has 0 aromatic heterocycles. The maximum Gasteiger partial charge on any atom is 0.251 e. The molecule has 0 saturated carbocycles. The molecule has 0 saturated heterocycles. The second-order valence-electron chi connectivity index (χ2n) is 9.37. The summed E-state index contributed by atoms with van der Waals surface area (Å²) in [7, 11) is 1.89. The summed E-state index contributed by atoms with van der Waals surface area (Å²) < 4.78 is 0. The molecule has 8 nitrogen and oxygen atoms in total. The van der Waals surface area contributed by atoms with Crippen LogP contribution in [0.3, 0.4) is 0 Å². The Labute approximate surface area is 239 Å². The standard InChI is InChI=1S/C32H47N3O5/c1-3-4-5-6-7-8-9-10-11-12-13-14-15-16-17-18-19-20-30(38)33-21-23-35(2)24-22-34-32(40)27-25-28(36)31(39)29(37)26-27/h4-5,7-8,10-11,13-14,16-17,25-26,36-37,39H,3,6,9,12,15,18-24H2,1-2H3,(H,33,38)(H,34,40)/b5-4+,8-7+,11-10+,14-13+,17-16+. The van der Waals surface area contributed by atoms with Crippen LogP contribution in [0.4, 0.5) is 0 Å². The first-order valence-electron chi connectivity index (χ1n) is 14.1. The Morgan fingerprint density at radius 3 is 1.75 bits per heavy atom. The van der Waals surface area contributed by atoms with Crippen molar-refractivity contribution < 1.29 is 24.9 Å². The lowest BCUT2D eigenvalue weighted by molar-refractivity contribution is -0.121. The summed E-state index contributed by atoms with van der Waals surface area (Å²) >= 11 is 0. The van der Waals surface area contributed by atoms with Gasteiger partial charge in [-0.15, -0.1) is 0 Å². The molecule has 0 atom stereocenters. The van der Waals surface area contributed by atoms with Gasteiger partial charge in [-0.05, 0) is 64.1 Å². The van der Waals surface area contributed by atoms with Crippen LogP contribution in [0.25, 0.3) is 0 Å². The molecule has 8 heteroatoms. The zero-order chi connectivity index (χ0) is 29.4. The van der Waals surface area contributed by atoms with Gasteiger partial charge in [-0.25, -0.2) is 0 Å². The van der Waals surface area contributed by atoms with Gasteiger partial charge < -0.3 is 30.9 Å². The van der Waals surface area contributed by atoms with Crippen molar-refractivity contribution in [2.75, 3.05) is 33.2 Å². The maximum absolute atomic E-state index is 12.1. The molecule has 0 fully saturated rings. The largest absolute Gasteiger partial charge is 0.504 e. The molecular formula is C32H47N3O5. The highest BCUT2D eigenvalue weighted by molar-refractivity contribution is 5.95. The van der Waals surface area contributed by atoms with E-state index in [0.29, 0.717) is 32.6 Å². The number of allylic oxidation sites excluding steroid dienone is 10. The van der Waals surface area contributed by atoms with Gasteiger partial charge in [-0.3, -0.25) is 9.59 Å². The van der Waals surface area contributed by atoms with E-state index >= 15 is 0 Å². The van der Waals surface area contributed by atoms with Crippen molar-refractivity contribution in [3.63, 3.8) is 0 Å². The lowest BCUT2D eigenvalue weighted by Gasteiger charge is -2.17. The average molecular weight is 554 g/mol. The number of phenols is 3. The van der Waals surface area contributed by atoms with Crippen LogP contribution in [0.5, 0.6) is 17.2 Å². The quantitative estimate of drug-likeness (QED) is 0.0825. The van der Waals surface area contributed by atoms with Crippen molar-refractivity contribution >= 4 is 11.8 Å². The number of aromatic hydroxyl groups is 3. The first-order chi connectivity index (χ1) is 19.3. The molecule has 0 aliphatic heterocycles. The van der Waals surface area contributed by atoms with Crippen molar-refractivity contribution in [1.82, 2.24) is 15.5 Å². The average Bonchev–Trinajstić information content (AvgIpc) is 2.93. The fourth-order valence-corrected chi connectivity index (χ4v) is 3.53. The molecule has 0 bridgehead atoms. The van der Waals surface area contributed by atoms with Crippen LogP contribution in [-0.4, -0.2) is 65.3 Å². The number of benzene rings is 1. The Hall–Kier alpha value is -3.78. The summed E-state index contributed by atoms with van der Waals surface area (Å²) in [4.78, 5) is 26.1. The van der Waals surface area contributed by atoms with Crippen LogP contribution in [0.15, 0.2) is 72.9 Å². The lowest BCUT2D eigenvalue weighted by Crippen LogP contribution is -2.37. The third-order valence-corrected chi connectivity index (χ3v) is 5.86. The number of rotatable bonds is 20. The minimum Gasteiger partial charge on any atom is -0.504 e. The molecule has 0 aliphatic rings. The molecule has 0 heterocycles. The number of unbranched alkanes of at least 4 members (excludes halogenated alkanes) is 1. The van der Waals surface area contributed by atoms with Crippen LogP contribution in [0, 0.1) is 0 Å². The third kappa shape index (κ3) is 16.9. The summed E-state index contributed by atoms with van der Waals surface area (Å²) in [5, 5.41) is 34.0. The SMILES string of the molecule is CC/C=C/C/C=C/C/C=C/C/C=C/C/C=C/CCCC(=O)NCCN(C)CCNC(=O)c1cc(O)c(O)c(O)c1. The molecule has 0 unspecified atom stereocenters. The number of nitrogens with zero attached hydrogens (tertiary/aromatic N) is 1. The van der Waals surface area contributed by atoms with Crippen LogP contribution in [0.1, 0.15) is 68.6 Å². The number of likely N-dealkylation sites (N-methyl/N-ethyl adjacent to an activating group) is 1. The number of carbonyl (C=O) groups is 2. The third-order valence-electron chi connectivity index (χ3n) is 5.86. The number of phenolic OH excluding ortho intramolecular Hbond substituents is 3. The summed E-state index contributed by atoms with van der Waals surface area (Å²) in [6.45, 7) is 4.20. The Kier molecular flexibility index (Phi) is 18.9. The molecule has 1 rings (SSSR count). The molecule has 2 amide bonds. The normalized spacial score (nSPS) is 12.2. The van der Waals surface area contributed by atoms with E-state index in [4.69, 9.17) is 0 Å². The topological polar surface area (TPSA) is 122 Å². The first kappa shape index (κ1) is 34.2. The first-order valence-corrected chi connectivity index (χ1v) is 14.1. The monoisotopic (exact) mass is 553 g/mol. The molecular weight excluding hydrogens is 506 g/mol. The molecule has 40 heavy (non-hydrogen) atoms. The lowest BCUT2D eigenvalue weighted by atomic mass is 10.1. The number of amides is 2. The van der Waals surface area contributed by atoms with Gasteiger partial charge in [0.1, 0.15) is 0 Å². The zero-order valence-corrected chi connectivity index (χ0v) is 24.0. The molecule has 5 N–H and O–H groups in total. The summed E-state index contributed by atoms with van der Waals surface area (Å²) in [6, 6.07) is 2.18. The van der Waals surface area contributed by atoms with Gasteiger partial charge in [0.2, 0.25) is 5.91 Å². The van der Waals surface area contributed by atoms with Crippen LogP contribution < -0.4 is 10.6 Å². The fraction of sp³-hybridized carbons (Fsp3) is 0.438. The van der Waals surface area contributed by atoms with E-state index in [0.717, 1.165) is 57.1 Å². The predicted octanol–water partition coefficient (Wildman–Crippen LogP) is 5.50. The predicted molar refractivity (Wildman–Crippen MR) is 163 cm³/mol. The van der Waals surface area contributed by atoms with Crippen molar-refractivity contribution in [2.45, 2.75) is 58.3 Å². The van der Waals surface area contributed by atoms with Crippen molar-refractivity contribution in [2.24, 2.45) is 0 Å². The molecule has 1 aromatic carbocycles. The minimum absolute atomic E-state index is 0.0287. The van der Waals surface area contributed by atoms with Gasteiger partial charge in [0.05, 0.1) is 0 Å². The number of hydrogen-bond donors (Lipinski definition) is 5. The Balaban J connectivity index is 2.03. The second kappa shape index (κ2) is 22.1. The minimum atomic E-state index is -0.660. The highest BCUT2D eigenvalue weighted by atomic mass is 16.3. The van der Waals surface area contributed by atoms with Gasteiger partial charge in [0.15, 0.2) is 17.2 Å². The molecule has 0 aliphatic carbocycles.